The highest BCUT2D eigenvalue weighted by Crippen LogP contribution is 2.76. The summed E-state index contributed by atoms with van der Waals surface area (Å²) in [5, 5.41) is 3.96. The number of hydrogen-bond donors (Lipinski definition) is 1. The van der Waals surface area contributed by atoms with Gasteiger partial charge in [0.05, 0.1) is 18.0 Å². The van der Waals surface area contributed by atoms with Crippen molar-refractivity contribution >= 4 is 33.4 Å². The van der Waals surface area contributed by atoms with Gasteiger partial charge in [0.25, 0.3) is 0 Å². The zero-order valence-electron chi connectivity index (χ0n) is 26.1. The van der Waals surface area contributed by atoms with Gasteiger partial charge in [-0.15, -0.1) is 0 Å². The lowest BCUT2D eigenvalue weighted by Gasteiger charge is -2.72. The first kappa shape index (κ1) is 29.5. The molecule has 224 valence electrons. The lowest BCUT2D eigenvalue weighted by atomic mass is 9.33. The Morgan fingerprint density at radius 1 is 0.878 bits per heavy atom. The maximum absolute atomic E-state index is 12.6. The number of nitrogens with one attached hydrogen (secondary N) is 1. The number of fused-ring (bicyclic) bond motifs is 7. The number of esters is 1. The van der Waals surface area contributed by atoms with E-state index in [2.05, 4.69) is 74.1 Å². The van der Waals surface area contributed by atoms with Crippen molar-refractivity contribution in [2.45, 2.75) is 104 Å². The minimum absolute atomic E-state index is 0.0210. The van der Waals surface area contributed by atoms with Crippen LogP contribution in [0.2, 0.25) is 0 Å². The minimum Gasteiger partial charge on any atom is -0.465 e. The van der Waals surface area contributed by atoms with Gasteiger partial charge in [-0.2, -0.15) is 0 Å². The Morgan fingerprint density at radius 2 is 1.61 bits per heavy atom. The third-order valence-corrected chi connectivity index (χ3v) is 14.6. The molecule has 1 N–H and O–H groups in total. The number of halogens is 1. The van der Waals surface area contributed by atoms with Gasteiger partial charge in [0.15, 0.2) is 0 Å². The number of methoxy groups -OCH3 is 1. The van der Waals surface area contributed by atoms with Crippen LogP contribution in [0.15, 0.2) is 30.3 Å². The van der Waals surface area contributed by atoms with Gasteiger partial charge in [0.2, 0.25) is 5.91 Å². The van der Waals surface area contributed by atoms with Crippen LogP contribution >= 0.6 is 15.9 Å². The molecule has 4 fully saturated rings. The van der Waals surface area contributed by atoms with E-state index in [-0.39, 0.29) is 28.2 Å². The summed E-state index contributed by atoms with van der Waals surface area (Å²) in [5.41, 5.74) is 4.28. The van der Waals surface area contributed by atoms with Crippen LogP contribution in [0.4, 0.5) is 0 Å². The van der Waals surface area contributed by atoms with E-state index in [9.17, 15) is 9.59 Å². The highest BCUT2D eigenvalue weighted by molar-refractivity contribution is 9.09. The molecule has 0 bridgehead atoms. The van der Waals surface area contributed by atoms with Crippen molar-refractivity contribution in [2.24, 2.45) is 45.3 Å². The van der Waals surface area contributed by atoms with Crippen LogP contribution < -0.4 is 5.32 Å². The summed E-state index contributed by atoms with van der Waals surface area (Å²) in [5.74, 6) is 2.54. The normalized spacial score (nSPS) is 42.6. The van der Waals surface area contributed by atoms with Gasteiger partial charge in [-0.05, 0) is 126 Å². The Bertz CT molecular complexity index is 1250. The Hall–Kier alpha value is -1.62. The topological polar surface area (TPSA) is 55.4 Å². The van der Waals surface area contributed by atoms with Gasteiger partial charge >= 0.3 is 5.97 Å². The first-order chi connectivity index (χ1) is 19.4. The van der Waals surface area contributed by atoms with Crippen LogP contribution in [0.25, 0.3) is 5.57 Å². The summed E-state index contributed by atoms with van der Waals surface area (Å²) >= 11 is 3.41. The predicted octanol–water partition coefficient (Wildman–Crippen LogP) is 8.59. The number of carbonyl (C=O) groups is 2. The number of benzene rings is 1. The Morgan fingerprint density at radius 3 is 2.29 bits per heavy atom. The predicted molar refractivity (Wildman–Crippen MR) is 169 cm³/mol. The molecule has 5 heteroatoms. The van der Waals surface area contributed by atoms with Gasteiger partial charge in [-0.1, -0.05) is 75.2 Å². The lowest BCUT2D eigenvalue weighted by Crippen LogP contribution is -2.67. The molecule has 8 atom stereocenters. The van der Waals surface area contributed by atoms with Crippen LogP contribution in [0, 0.1) is 45.3 Å². The lowest BCUT2D eigenvalue weighted by molar-refractivity contribution is -0.216. The standard InChI is InChI=1S/C36H50BrNO3/c1-32(2)25(23-9-11-24(12-10-23)31(40)41-6)15-18-33(3)28(32)16-19-35(5)29(33)14-13-26-27-8-7-17-36(27,38-30(39)22-37)21-20-34(26,35)4/h9-12,15,26-29H,7-8,13-14,16-22H2,1-6H3,(H,38,39)/t26-,27?,28?,29?,33+,34-,35-,36+/m1/s1. The van der Waals surface area contributed by atoms with Gasteiger partial charge < -0.3 is 10.1 Å². The maximum atomic E-state index is 12.6. The molecule has 4 nitrogen and oxygen atoms in total. The second-order valence-corrected chi connectivity index (χ2v) is 16.2. The van der Waals surface area contributed by atoms with E-state index in [1.807, 2.05) is 12.1 Å². The Kier molecular flexibility index (Phi) is 7.15. The summed E-state index contributed by atoms with van der Waals surface area (Å²) in [7, 11) is 1.44. The quantitative estimate of drug-likeness (QED) is 0.270. The molecule has 41 heavy (non-hydrogen) atoms. The smallest absolute Gasteiger partial charge is 0.337 e. The van der Waals surface area contributed by atoms with Crippen LogP contribution in [0.3, 0.4) is 0 Å². The van der Waals surface area contributed by atoms with Crippen molar-refractivity contribution in [3.05, 3.63) is 41.5 Å². The maximum Gasteiger partial charge on any atom is 0.337 e. The molecule has 3 unspecified atom stereocenters. The molecule has 0 heterocycles. The van der Waals surface area contributed by atoms with Gasteiger partial charge in [-0.25, -0.2) is 4.79 Å². The molecule has 0 aliphatic heterocycles. The molecular weight excluding hydrogens is 574 g/mol. The Labute approximate surface area is 256 Å². The van der Waals surface area contributed by atoms with Crippen molar-refractivity contribution in [1.82, 2.24) is 5.32 Å². The molecule has 5 aliphatic rings. The SMILES string of the molecule is COC(=O)c1ccc(C2=CC[C@@]3(C)C(CC[C@]4(C)C3CC[C@@H]3C5CCC[C@]5(NC(=O)CBr)CC[C@]34C)C2(C)C)cc1. The molecule has 0 spiro atoms. The van der Waals surface area contributed by atoms with Gasteiger partial charge in [0.1, 0.15) is 0 Å². The van der Waals surface area contributed by atoms with Crippen molar-refractivity contribution < 1.29 is 14.3 Å². The summed E-state index contributed by atoms with van der Waals surface area (Å²) in [6, 6.07) is 8.06. The number of allylic oxidation sites excluding steroid dienone is 2. The monoisotopic (exact) mass is 623 g/mol. The van der Waals surface area contributed by atoms with Gasteiger partial charge in [0, 0.05) is 5.54 Å². The van der Waals surface area contributed by atoms with Crippen molar-refractivity contribution in [3.8, 4) is 0 Å². The molecule has 6 rings (SSSR count). The molecule has 0 saturated heterocycles. The molecular formula is C36H50BrNO3. The number of carbonyl (C=O) groups excluding carboxylic acids is 2. The molecule has 1 aromatic carbocycles. The zero-order valence-corrected chi connectivity index (χ0v) is 27.7. The highest BCUT2D eigenvalue weighted by Gasteiger charge is 2.69. The minimum atomic E-state index is -0.278. The zero-order chi connectivity index (χ0) is 29.4. The molecule has 0 radical (unpaired) electrons. The largest absolute Gasteiger partial charge is 0.465 e. The molecule has 0 aromatic heterocycles. The van der Waals surface area contributed by atoms with E-state index in [0.717, 1.165) is 19.3 Å². The summed E-state index contributed by atoms with van der Waals surface area (Å²) < 4.78 is 4.93. The summed E-state index contributed by atoms with van der Waals surface area (Å²) in [4.78, 5) is 24.6. The fourth-order valence-corrected chi connectivity index (χ4v) is 12.2. The Balaban J connectivity index is 1.31. The average Bonchev–Trinajstić information content (AvgIpc) is 3.36. The van der Waals surface area contributed by atoms with Crippen LogP contribution in [-0.4, -0.2) is 29.9 Å². The number of hydrogen-bond acceptors (Lipinski definition) is 3. The van der Waals surface area contributed by atoms with Crippen molar-refractivity contribution in [2.75, 3.05) is 12.4 Å². The second kappa shape index (κ2) is 9.96. The van der Waals surface area contributed by atoms with E-state index >= 15 is 0 Å². The fourth-order valence-electron chi connectivity index (χ4n) is 12.1. The number of alkyl halides is 1. The number of amides is 1. The van der Waals surface area contributed by atoms with E-state index in [1.165, 1.54) is 63.2 Å². The highest BCUT2D eigenvalue weighted by atomic mass is 79.9. The molecule has 1 aromatic rings. The molecule has 1 amide bonds. The second-order valence-electron chi connectivity index (χ2n) is 15.6. The first-order valence-corrected chi connectivity index (χ1v) is 17.2. The van der Waals surface area contributed by atoms with Crippen molar-refractivity contribution in [3.63, 3.8) is 0 Å². The fraction of sp³-hybridized carbons (Fsp3) is 0.722. The van der Waals surface area contributed by atoms with Crippen molar-refractivity contribution in [1.29, 1.82) is 0 Å². The van der Waals surface area contributed by atoms with E-state index in [0.29, 0.717) is 45.4 Å². The van der Waals surface area contributed by atoms with E-state index in [1.54, 1.807) is 0 Å². The summed E-state index contributed by atoms with van der Waals surface area (Å²) in [6.07, 6.45) is 14.9. The van der Waals surface area contributed by atoms with Gasteiger partial charge in [-0.3, -0.25) is 4.79 Å². The average molecular weight is 625 g/mol. The molecule has 5 aliphatic carbocycles. The number of ether oxygens (including phenoxy) is 1. The van der Waals surface area contributed by atoms with E-state index < -0.39 is 0 Å². The molecule has 4 saturated carbocycles. The van der Waals surface area contributed by atoms with Crippen LogP contribution in [0.5, 0.6) is 0 Å². The van der Waals surface area contributed by atoms with E-state index in [4.69, 9.17) is 4.74 Å². The summed E-state index contributed by atoms with van der Waals surface area (Å²) in [6.45, 7) is 12.9. The van der Waals surface area contributed by atoms with Crippen LogP contribution in [-0.2, 0) is 9.53 Å². The number of rotatable bonds is 4. The first-order valence-electron chi connectivity index (χ1n) is 16.1. The van der Waals surface area contributed by atoms with Crippen LogP contribution in [0.1, 0.15) is 115 Å². The third kappa shape index (κ3) is 4.09. The third-order valence-electron chi connectivity index (χ3n) is 14.1.